The van der Waals surface area contributed by atoms with E-state index in [1.54, 1.807) is 11.3 Å². The normalized spacial score (nSPS) is 10.9. The van der Waals surface area contributed by atoms with Crippen molar-refractivity contribution in [3.8, 4) is 10.4 Å². The van der Waals surface area contributed by atoms with Crippen LogP contribution in [0.15, 0.2) is 36.5 Å². The van der Waals surface area contributed by atoms with Crippen molar-refractivity contribution < 1.29 is 0 Å². The minimum atomic E-state index is 0.535. The SMILES string of the molecule is Cc1ncc(-c2cc3ccccc3nc2Cl)s1. The molecule has 17 heavy (non-hydrogen) atoms. The zero-order valence-electron chi connectivity index (χ0n) is 9.14. The highest BCUT2D eigenvalue weighted by atomic mass is 35.5. The fraction of sp³-hybridized carbons (Fsp3) is 0.0769. The highest BCUT2D eigenvalue weighted by Crippen LogP contribution is 2.33. The maximum atomic E-state index is 6.21. The summed E-state index contributed by atoms with van der Waals surface area (Å²) in [7, 11) is 0. The lowest BCUT2D eigenvalue weighted by Gasteiger charge is -2.03. The van der Waals surface area contributed by atoms with Crippen LogP contribution >= 0.6 is 22.9 Å². The lowest BCUT2D eigenvalue weighted by Crippen LogP contribution is -1.83. The molecule has 3 aromatic rings. The molecule has 0 unspecified atom stereocenters. The molecular formula is C13H9ClN2S. The van der Waals surface area contributed by atoms with Crippen LogP contribution in [0.2, 0.25) is 5.15 Å². The van der Waals surface area contributed by atoms with Crippen molar-refractivity contribution >= 4 is 33.8 Å². The third-order valence-electron chi connectivity index (χ3n) is 2.56. The monoisotopic (exact) mass is 260 g/mol. The van der Waals surface area contributed by atoms with Gasteiger partial charge in [-0.1, -0.05) is 29.8 Å². The van der Waals surface area contributed by atoms with E-state index in [1.165, 1.54) is 0 Å². The summed E-state index contributed by atoms with van der Waals surface area (Å²) in [6, 6.07) is 10.0. The molecular weight excluding hydrogens is 252 g/mol. The number of rotatable bonds is 1. The molecule has 0 spiro atoms. The smallest absolute Gasteiger partial charge is 0.138 e. The number of hydrogen-bond acceptors (Lipinski definition) is 3. The van der Waals surface area contributed by atoms with Crippen molar-refractivity contribution in [3.63, 3.8) is 0 Å². The third kappa shape index (κ3) is 1.92. The Bertz CT molecular complexity index is 691. The Morgan fingerprint density at radius 2 is 2.06 bits per heavy atom. The number of aromatic nitrogens is 2. The number of para-hydroxylation sites is 1. The zero-order chi connectivity index (χ0) is 11.8. The van der Waals surface area contributed by atoms with Crippen molar-refractivity contribution in [2.45, 2.75) is 6.92 Å². The van der Waals surface area contributed by atoms with Gasteiger partial charge in [0.15, 0.2) is 0 Å². The number of hydrogen-bond donors (Lipinski definition) is 0. The zero-order valence-corrected chi connectivity index (χ0v) is 10.7. The summed E-state index contributed by atoms with van der Waals surface area (Å²) in [5.74, 6) is 0. The Labute approximate surface area is 108 Å². The summed E-state index contributed by atoms with van der Waals surface area (Å²) in [6.45, 7) is 1.98. The van der Waals surface area contributed by atoms with Gasteiger partial charge in [-0.05, 0) is 19.1 Å². The van der Waals surface area contributed by atoms with Crippen LogP contribution in [-0.2, 0) is 0 Å². The van der Waals surface area contributed by atoms with Gasteiger partial charge >= 0.3 is 0 Å². The van der Waals surface area contributed by atoms with Crippen LogP contribution in [0.4, 0.5) is 0 Å². The van der Waals surface area contributed by atoms with E-state index >= 15 is 0 Å². The first-order valence-corrected chi connectivity index (χ1v) is 6.41. The molecule has 0 aliphatic carbocycles. The topological polar surface area (TPSA) is 25.8 Å². The second-order valence-corrected chi connectivity index (χ2v) is 5.36. The van der Waals surface area contributed by atoms with E-state index in [4.69, 9.17) is 11.6 Å². The van der Waals surface area contributed by atoms with Gasteiger partial charge in [-0.15, -0.1) is 11.3 Å². The summed E-state index contributed by atoms with van der Waals surface area (Å²) >= 11 is 7.84. The highest BCUT2D eigenvalue weighted by molar-refractivity contribution is 7.15. The van der Waals surface area contributed by atoms with E-state index in [9.17, 15) is 0 Å². The first-order chi connectivity index (χ1) is 8.24. The van der Waals surface area contributed by atoms with Gasteiger partial charge in [-0.25, -0.2) is 9.97 Å². The average molecular weight is 261 g/mol. The minimum absolute atomic E-state index is 0.535. The molecule has 84 valence electrons. The molecule has 3 rings (SSSR count). The molecule has 0 saturated carbocycles. The molecule has 0 aliphatic rings. The Kier molecular flexibility index (Phi) is 2.57. The van der Waals surface area contributed by atoms with Gasteiger partial charge in [0.2, 0.25) is 0 Å². The average Bonchev–Trinajstić information content (AvgIpc) is 2.75. The molecule has 2 nitrogen and oxygen atoms in total. The van der Waals surface area contributed by atoms with E-state index < -0.39 is 0 Å². The van der Waals surface area contributed by atoms with E-state index in [2.05, 4.69) is 16.0 Å². The van der Waals surface area contributed by atoms with Gasteiger partial charge < -0.3 is 0 Å². The number of fused-ring (bicyclic) bond motifs is 1. The molecule has 0 N–H and O–H groups in total. The first kappa shape index (κ1) is 10.7. The van der Waals surface area contributed by atoms with Crippen LogP contribution in [0.1, 0.15) is 5.01 Å². The number of benzene rings is 1. The molecule has 0 radical (unpaired) electrons. The van der Waals surface area contributed by atoms with Crippen LogP contribution in [-0.4, -0.2) is 9.97 Å². The Morgan fingerprint density at radius 3 is 2.82 bits per heavy atom. The number of aryl methyl sites for hydroxylation is 1. The molecule has 0 fully saturated rings. The number of pyridine rings is 1. The molecule has 0 bridgehead atoms. The summed E-state index contributed by atoms with van der Waals surface area (Å²) < 4.78 is 0. The van der Waals surface area contributed by atoms with E-state index in [0.29, 0.717) is 5.15 Å². The number of halogens is 1. The predicted octanol–water partition coefficient (Wildman–Crippen LogP) is 4.32. The molecule has 1 aromatic carbocycles. The molecule has 0 amide bonds. The van der Waals surface area contributed by atoms with Crippen LogP contribution in [0.3, 0.4) is 0 Å². The molecule has 0 atom stereocenters. The largest absolute Gasteiger partial charge is 0.249 e. The predicted molar refractivity (Wildman–Crippen MR) is 72.6 cm³/mol. The van der Waals surface area contributed by atoms with Gasteiger partial charge in [0.25, 0.3) is 0 Å². The van der Waals surface area contributed by atoms with Gasteiger partial charge in [-0.2, -0.15) is 0 Å². The van der Waals surface area contributed by atoms with Crippen LogP contribution in [0, 0.1) is 6.92 Å². The minimum Gasteiger partial charge on any atom is -0.249 e. The summed E-state index contributed by atoms with van der Waals surface area (Å²) in [6.07, 6.45) is 1.84. The van der Waals surface area contributed by atoms with E-state index in [0.717, 1.165) is 26.4 Å². The quantitative estimate of drug-likeness (QED) is 0.609. The Morgan fingerprint density at radius 1 is 1.24 bits per heavy atom. The van der Waals surface area contributed by atoms with Crippen molar-refractivity contribution in [3.05, 3.63) is 46.7 Å². The summed E-state index contributed by atoms with van der Waals surface area (Å²) in [4.78, 5) is 9.71. The van der Waals surface area contributed by atoms with Gasteiger partial charge in [0.1, 0.15) is 5.15 Å². The number of thiazole rings is 1. The van der Waals surface area contributed by atoms with Gasteiger partial charge in [0, 0.05) is 17.1 Å². The molecule has 0 aliphatic heterocycles. The second-order valence-electron chi connectivity index (χ2n) is 3.76. The fourth-order valence-electron chi connectivity index (χ4n) is 1.75. The van der Waals surface area contributed by atoms with Gasteiger partial charge in [-0.3, -0.25) is 0 Å². The molecule has 4 heteroatoms. The van der Waals surface area contributed by atoms with Crippen molar-refractivity contribution in [1.29, 1.82) is 0 Å². The lowest BCUT2D eigenvalue weighted by molar-refractivity contribution is 1.30. The highest BCUT2D eigenvalue weighted by Gasteiger charge is 2.09. The molecule has 2 heterocycles. The number of nitrogens with zero attached hydrogens (tertiary/aromatic N) is 2. The Hall–Kier alpha value is -1.45. The lowest BCUT2D eigenvalue weighted by atomic mass is 10.1. The van der Waals surface area contributed by atoms with E-state index in [1.807, 2.05) is 37.4 Å². The fourth-order valence-corrected chi connectivity index (χ4v) is 2.85. The summed E-state index contributed by atoms with van der Waals surface area (Å²) in [5, 5.41) is 2.66. The summed E-state index contributed by atoms with van der Waals surface area (Å²) in [5.41, 5.74) is 1.87. The van der Waals surface area contributed by atoms with Crippen LogP contribution in [0.25, 0.3) is 21.3 Å². The molecule has 2 aromatic heterocycles. The maximum absolute atomic E-state index is 6.21. The van der Waals surface area contributed by atoms with Crippen molar-refractivity contribution in [2.24, 2.45) is 0 Å². The Balaban J connectivity index is 2.26. The van der Waals surface area contributed by atoms with Crippen LogP contribution in [0.5, 0.6) is 0 Å². The van der Waals surface area contributed by atoms with Gasteiger partial charge in [0.05, 0.1) is 15.4 Å². The van der Waals surface area contributed by atoms with Crippen molar-refractivity contribution in [1.82, 2.24) is 9.97 Å². The van der Waals surface area contributed by atoms with E-state index in [-0.39, 0.29) is 0 Å². The molecule has 0 saturated heterocycles. The van der Waals surface area contributed by atoms with Crippen molar-refractivity contribution in [2.75, 3.05) is 0 Å². The maximum Gasteiger partial charge on any atom is 0.138 e. The first-order valence-electron chi connectivity index (χ1n) is 5.22. The standard InChI is InChI=1S/C13H9ClN2S/c1-8-15-7-12(17-8)10-6-9-4-2-3-5-11(9)16-13(10)14/h2-7H,1H3. The van der Waals surface area contributed by atoms with Crippen LogP contribution < -0.4 is 0 Å². The third-order valence-corrected chi connectivity index (χ3v) is 3.80. The second kappa shape index (κ2) is 4.09.